The summed E-state index contributed by atoms with van der Waals surface area (Å²) in [5.41, 5.74) is 7.34. The number of methoxy groups -OCH3 is 1. The van der Waals surface area contributed by atoms with Crippen molar-refractivity contribution in [3.8, 4) is 11.5 Å². The molecule has 9 nitrogen and oxygen atoms in total. The Balaban J connectivity index is 1.46. The molecule has 0 radical (unpaired) electrons. The van der Waals surface area contributed by atoms with E-state index in [4.69, 9.17) is 38.4 Å². The van der Waals surface area contributed by atoms with Gasteiger partial charge in [0.05, 0.1) is 17.2 Å². The van der Waals surface area contributed by atoms with E-state index in [1.54, 1.807) is 19.2 Å². The van der Waals surface area contributed by atoms with E-state index < -0.39 is 5.91 Å². The summed E-state index contributed by atoms with van der Waals surface area (Å²) in [6, 6.07) is 11.0. The van der Waals surface area contributed by atoms with E-state index in [9.17, 15) is 4.79 Å². The maximum atomic E-state index is 11.9. The van der Waals surface area contributed by atoms with Crippen molar-refractivity contribution in [3.05, 3.63) is 63.3 Å². The summed E-state index contributed by atoms with van der Waals surface area (Å²) in [6.45, 7) is 1.82. The van der Waals surface area contributed by atoms with Gasteiger partial charge in [-0.3, -0.25) is 4.79 Å². The van der Waals surface area contributed by atoms with Crippen LogP contribution in [-0.2, 0) is 13.2 Å². The smallest absolute Gasteiger partial charge is 0.277 e. The van der Waals surface area contributed by atoms with E-state index in [0.717, 1.165) is 11.1 Å². The van der Waals surface area contributed by atoms with Crippen LogP contribution >= 0.6 is 23.2 Å². The third-order valence-electron chi connectivity index (χ3n) is 4.25. The second-order valence-corrected chi connectivity index (χ2v) is 7.27. The number of halogens is 2. The fourth-order valence-electron chi connectivity index (χ4n) is 2.67. The standard InChI is InChI=1S/C20H21Cl2N5O4/c1-29-17-9-12(10-24-6-7-25-20(28)18-19(23)27-31-26-18)3-5-16(17)30-11-13-2-4-14(21)15(22)8-13/h2-5,8-9,24H,6-7,10-11H2,1H3,(H2,23,27)(H,25,28). The molecule has 0 aliphatic heterocycles. The molecule has 4 N–H and O–H groups in total. The van der Waals surface area contributed by atoms with Crippen LogP contribution in [0.5, 0.6) is 11.5 Å². The lowest BCUT2D eigenvalue weighted by molar-refractivity contribution is 0.0944. The van der Waals surface area contributed by atoms with Crippen molar-refractivity contribution in [2.24, 2.45) is 0 Å². The number of nitrogens with one attached hydrogen (secondary N) is 2. The van der Waals surface area contributed by atoms with Gasteiger partial charge in [0.1, 0.15) is 6.61 Å². The Morgan fingerprint density at radius 1 is 1.06 bits per heavy atom. The van der Waals surface area contributed by atoms with Crippen LogP contribution in [0.2, 0.25) is 10.0 Å². The highest BCUT2D eigenvalue weighted by Gasteiger charge is 2.15. The number of hydrogen-bond acceptors (Lipinski definition) is 8. The predicted molar refractivity (Wildman–Crippen MR) is 117 cm³/mol. The van der Waals surface area contributed by atoms with Crippen LogP contribution < -0.4 is 25.8 Å². The molecule has 1 heterocycles. The van der Waals surface area contributed by atoms with E-state index in [0.29, 0.717) is 47.8 Å². The fraction of sp³-hybridized carbons (Fsp3) is 0.250. The molecule has 3 aromatic rings. The topological polar surface area (TPSA) is 125 Å². The fourth-order valence-corrected chi connectivity index (χ4v) is 2.99. The molecule has 0 saturated heterocycles. The number of carbonyl (C=O) groups is 1. The molecule has 0 aliphatic rings. The van der Waals surface area contributed by atoms with Crippen molar-refractivity contribution >= 4 is 34.9 Å². The van der Waals surface area contributed by atoms with Crippen molar-refractivity contribution in [1.29, 1.82) is 0 Å². The van der Waals surface area contributed by atoms with Gasteiger partial charge in [-0.15, -0.1) is 0 Å². The zero-order chi connectivity index (χ0) is 22.2. The Morgan fingerprint density at radius 3 is 2.58 bits per heavy atom. The summed E-state index contributed by atoms with van der Waals surface area (Å²) >= 11 is 12.0. The Labute approximate surface area is 188 Å². The molecule has 0 unspecified atom stereocenters. The summed E-state index contributed by atoms with van der Waals surface area (Å²) in [6.07, 6.45) is 0. The molecule has 0 fully saturated rings. The van der Waals surface area contributed by atoms with E-state index in [-0.39, 0.29) is 11.5 Å². The number of anilines is 1. The van der Waals surface area contributed by atoms with Crippen LogP contribution in [0.25, 0.3) is 0 Å². The first-order chi connectivity index (χ1) is 15.0. The highest BCUT2D eigenvalue weighted by atomic mass is 35.5. The first kappa shape index (κ1) is 22.7. The summed E-state index contributed by atoms with van der Waals surface area (Å²) < 4.78 is 15.7. The van der Waals surface area contributed by atoms with Gasteiger partial charge in [0.15, 0.2) is 11.5 Å². The van der Waals surface area contributed by atoms with Crippen molar-refractivity contribution < 1.29 is 18.9 Å². The largest absolute Gasteiger partial charge is 0.493 e. The monoisotopic (exact) mass is 465 g/mol. The minimum Gasteiger partial charge on any atom is -0.493 e. The first-order valence-electron chi connectivity index (χ1n) is 9.28. The zero-order valence-corrected chi connectivity index (χ0v) is 18.2. The molecular formula is C20H21Cl2N5O4. The second-order valence-electron chi connectivity index (χ2n) is 6.45. The molecule has 0 saturated carbocycles. The number of nitrogens with two attached hydrogens (primary N) is 1. The number of aromatic nitrogens is 2. The Kier molecular flexibility index (Phi) is 7.94. The molecule has 0 spiro atoms. The lowest BCUT2D eigenvalue weighted by Crippen LogP contribution is -2.32. The number of benzene rings is 2. The zero-order valence-electron chi connectivity index (χ0n) is 16.7. The molecule has 164 valence electrons. The van der Waals surface area contributed by atoms with E-state index in [2.05, 4.69) is 25.6 Å². The Bertz CT molecular complexity index is 1040. The van der Waals surface area contributed by atoms with Crippen LogP contribution in [-0.4, -0.2) is 36.4 Å². The minimum absolute atomic E-state index is 0.0267. The number of nitrogens with zero attached hydrogens (tertiary/aromatic N) is 2. The second kappa shape index (κ2) is 10.9. The Hall–Kier alpha value is -3.01. The number of amides is 1. The Morgan fingerprint density at radius 2 is 1.87 bits per heavy atom. The van der Waals surface area contributed by atoms with Gasteiger partial charge >= 0.3 is 0 Å². The highest BCUT2D eigenvalue weighted by Crippen LogP contribution is 2.29. The molecule has 1 aromatic heterocycles. The highest BCUT2D eigenvalue weighted by molar-refractivity contribution is 6.42. The van der Waals surface area contributed by atoms with Gasteiger partial charge in [-0.25, -0.2) is 4.63 Å². The minimum atomic E-state index is -0.439. The molecule has 2 aromatic carbocycles. The molecule has 11 heteroatoms. The lowest BCUT2D eigenvalue weighted by atomic mass is 10.2. The van der Waals surface area contributed by atoms with Gasteiger partial charge in [0, 0.05) is 19.6 Å². The van der Waals surface area contributed by atoms with Crippen molar-refractivity contribution in [2.75, 3.05) is 25.9 Å². The van der Waals surface area contributed by atoms with E-state index in [1.165, 1.54) is 0 Å². The molecule has 0 aliphatic carbocycles. The van der Waals surface area contributed by atoms with Gasteiger partial charge in [0.25, 0.3) is 5.91 Å². The number of ether oxygens (including phenoxy) is 2. The first-order valence-corrected chi connectivity index (χ1v) is 10.0. The van der Waals surface area contributed by atoms with Gasteiger partial charge in [-0.1, -0.05) is 35.3 Å². The predicted octanol–water partition coefficient (Wildman–Crippen LogP) is 3.07. The maximum absolute atomic E-state index is 11.9. The number of hydrogen-bond donors (Lipinski definition) is 3. The molecule has 1 amide bonds. The summed E-state index contributed by atoms with van der Waals surface area (Å²) in [5, 5.41) is 13.7. The summed E-state index contributed by atoms with van der Waals surface area (Å²) in [4.78, 5) is 11.9. The molecule has 31 heavy (non-hydrogen) atoms. The molecule has 0 atom stereocenters. The van der Waals surface area contributed by atoms with Gasteiger partial charge in [-0.05, 0) is 45.7 Å². The van der Waals surface area contributed by atoms with Gasteiger partial charge in [0.2, 0.25) is 11.5 Å². The normalized spacial score (nSPS) is 10.7. The van der Waals surface area contributed by atoms with Crippen molar-refractivity contribution in [3.63, 3.8) is 0 Å². The molecule has 3 rings (SSSR count). The van der Waals surface area contributed by atoms with E-state index in [1.807, 2.05) is 24.3 Å². The lowest BCUT2D eigenvalue weighted by Gasteiger charge is -2.13. The number of carbonyl (C=O) groups excluding carboxylic acids is 1. The van der Waals surface area contributed by atoms with Crippen molar-refractivity contribution in [2.45, 2.75) is 13.2 Å². The van der Waals surface area contributed by atoms with Gasteiger partial charge < -0.3 is 25.8 Å². The molecule has 0 bridgehead atoms. The average molecular weight is 466 g/mol. The van der Waals surface area contributed by atoms with E-state index >= 15 is 0 Å². The van der Waals surface area contributed by atoms with Crippen LogP contribution in [0.3, 0.4) is 0 Å². The van der Waals surface area contributed by atoms with Gasteiger partial charge in [-0.2, -0.15) is 0 Å². The summed E-state index contributed by atoms with van der Waals surface area (Å²) in [5.74, 6) is 0.745. The third kappa shape index (κ3) is 6.24. The quantitative estimate of drug-likeness (QED) is 0.390. The van der Waals surface area contributed by atoms with Crippen LogP contribution in [0.1, 0.15) is 21.6 Å². The van der Waals surface area contributed by atoms with Crippen molar-refractivity contribution in [1.82, 2.24) is 20.9 Å². The number of rotatable bonds is 10. The maximum Gasteiger partial charge on any atom is 0.277 e. The third-order valence-corrected chi connectivity index (χ3v) is 4.99. The molecular weight excluding hydrogens is 445 g/mol. The van der Waals surface area contributed by atoms with Crippen LogP contribution in [0, 0.1) is 0 Å². The average Bonchev–Trinajstić information content (AvgIpc) is 3.20. The SMILES string of the molecule is COc1cc(CNCCNC(=O)c2nonc2N)ccc1OCc1ccc(Cl)c(Cl)c1. The number of nitrogen functional groups attached to an aromatic ring is 1. The summed E-state index contributed by atoms with van der Waals surface area (Å²) in [7, 11) is 1.58. The van der Waals surface area contributed by atoms with Crippen LogP contribution in [0.4, 0.5) is 5.82 Å². The van der Waals surface area contributed by atoms with Crippen LogP contribution in [0.15, 0.2) is 41.0 Å².